The van der Waals surface area contributed by atoms with Crippen molar-refractivity contribution in [1.82, 2.24) is 0 Å². The average Bonchev–Trinajstić information content (AvgIpc) is 3.12. The largest absolute Gasteiger partial charge is 0.489 e. The topological polar surface area (TPSA) is 18.5 Å². The van der Waals surface area contributed by atoms with Gasteiger partial charge in [0, 0.05) is 22.3 Å². The fraction of sp³-hybridized carbons (Fsp3) is 0.261. The molecule has 0 radical (unpaired) electrons. The molecule has 1 aliphatic heterocycles. The van der Waals surface area contributed by atoms with E-state index in [2.05, 4.69) is 135 Å². The zero-order chi connectivity index (χ0) is 32.7. The van der Waals surface area contributed by atoms with Crippen molar-refractivity contribution < 1.29 is 9.47 Å². The first-order chi connectivity index (χ1) is 23.7. The molecule has 0 amide bonds. The van der Waals surface area contributed by atoms with Crippen molar-refractivity contribution in [2.45, 2.75) is 65.2 Å². The fourth-order valence-electron chi connectivity index (χ4n) is 6.86. The Bertz CT molecular complexity index is 2090. The Labute approximate surface area is 285 Å². The van der Waals surface area contributed by atoms with Crippen LogP contribution in [0.3, 0.4) is 0 Å². The van der Waals surface area contributed by atoms with E-state index < -0.39 is 0 Å². The molecule has 0 N–H and O–H groups in total. The second kappa shape index (κ2) is 14.8. The summed E-state index contributed by atoms with van der Waals surface area (Å²) in [5.41, 5.74) is 9.47. The van der Waals surface area contributed by atoms with Crippen LogP contribution in [0.5, 0.6) is 11.5 Å². The van der Waals surface area contributed by atoms with Crippen molar-refractivity contribution in [3.63, 3.8) is 0 Å². The highest BCUT2D eigenvalue weighted by Gasteiger charge is 2.21. The van der Waals surface area contributed by atoms with Gasteiger partial charge >= 0.3 is 0 Å². The first-order valence-electron chi connectivity index (χ1n) is 17.8. The second-order valence-corrected chi connectivity index (χ2v) is 13.0. The van der Waals surface area contributed by atoms with Crippen LogP contribution in [0.2, 0.25) is 0 Å². The average molecular weight is 629 g/mol. The lowest BCUT2D eigenvalue weighted by molar-refractivity contribution is 0.215. The Balaban J connectivity index is 1.22. The molecule has 0 saturated carbocycles. The van der Waals surface area contributed by atoms with Crippen molar-refractivity contribution in [3.8, 4) is 45.6 Å². The van der Waals surface area contributed by atoms with Gasteiger partial charge in [0.25, 0.3) is 0 Å². The van der Waals surface area contributed by atoms with Crippen LogP contribution in [0.15, 0.2) is 109 Å². The van der Waals surface area contributed by atoms with Crippen LogP contribution in [0.4, 0.5) is 0 Å². The molecule has 48 heavy (non-hydrogen) atoms. The van der Waals surface area contributed by atoms with E-state index in [0.717, 1.165) is 62.8 Å². The zero-order valence-corrected chi connectivity index (χ0v) is 28.3. The van der Waals surface area contributed by atoms with E-state index in [1.54, 1.807) is 0 Å². The van der Waals surface area contributed by atoms with Gasteiger partial charge in [-0.05, 0) is 112 Å². The van der Waals surface area contributed by atoms with E-state index in [4.69, 9.17) is 9.47 Å². The van der Waals surface area contributed by atoms with Gasteiger partial charge in [-0.25, -0.2) is 0 Å². The van der Waals surface area contributed by atoms with Crippen LogP contribution >= 0.6 is 0 Å². The van der Waals surface area contributed by atoms with Crippen molar-refractivity contribution in [2.75, 3.05) is 13.2 Å². The minimum Gasteiger partial charge on any atom is -0.489 e. The standard InChI is InChI=1S/C46H44O2/c1-3-5-7-9-33-11-13-35(14-12-33)15-16-36-19-25-41-39(31-36)23-27-43-45(41)46-42-26-22-38(32-40(42)24-28-44(46)48-30-29-47-43)37-20-17-34(18-21-37)10-8-6-4-2/h11-14,17-28,31-32H,3-10,29-30H2,1-2H3. The number of rotatable bonds is 9. The molecule has 0 unspecified atom stereocenters. The third kappa shape index (κ3) is 6.97. The molecule has 2 heteroatoms. The number of hydrogen-bond donors (Lipinski definition) is 0. The van der Waals surface area contributed by atoms with E-state index in [0.29, 0.717) is 13.2 Å². The fourth-order valence-corrected chi connectivity index (χ4v) is 6.86. The van der Waals surface area contributed by atoms with E-state index in [1.165, 1.54) is 66.2 Å². The van der Waals surface area contributed by atoms with E-state index in [9.17, 15) is 0 Å². The Hall–Kier alpha value is -5.00. The monoisotopic (exact) mass is 628 g/mol. The summed E-state index contributed by atoms with van der Waals surface area (Å²) in [6.07, 6.45) is 9.84. The third-order valence-electron chi connectivity index (χ3n) is 9.54. The molecule has 1 aliphatic rings. The van der Waals surface area contributed by atoms with E-state index in [-0.39, 0.29) is 0 Å². The molecule has 0 fully saturated rings. The van der Waals surface area contributed by atoms with Crippen molar-refractivity contribution in [3.05, 3.63) is 131 Å². The van der Waals surface area contributed by atoms with Gasteiger partial charge in [0.15, 0.2) is 0 Å². The number of aryl methyl sites for hydroxylation is 2. The first kappa shape index (κ1) is 31.6. The number of fused-ring (bicyclic) bond motifs is 7. The maximum absolute atomic E-state index is 6.31. The van der Waals surface area contributed by atoms with Gasteiger partial charge < -0.3 is 9.47 Å². The number of benzene rings is 6. The molecule has 240 valence electrons. The van der Waals surface area contributed by atoms with Gasteiger partial charge in [-0.15, -0.1) is 0 Å². The summed E-state index contributed by atoms with van der Waals surface area (Å²) >= 11 is 0. The van der Waals surface area contributed by atoms with Crippen molar-refractivity contribution in [2.24, 2.45) is 0 Å². The molecular weight excluding hydrogens is 585 g/mol. The summed E-state index contributed by atoms with van der Waals surface area (Å²) < 4.78 is 12.6. The Morgan fingerprint density at radius 1 is 0.479 bits per heavy atom. The van der Waals surface area contributed by atoms with E-state index in [1.807, 2.05) is 0 Å². The van der Waals surface area contributed by atoms with Gasteiger partial charge in [0.05, 0.1) is 0 Å². The molecule has 6 aromatic carbocycles. The molecule has 0 atom stereocenters. The van der Waals surface area contributed by atoms with Gasteiger partial charge in [-0.1, -0.05) is 118 Å². The lowest BCUT2D eigenvalue weighted by Gasteiger charge is -2.22. The maximum atomic E-state index is 6.31. The van der Waals surface area contributed by atoms with Crippen LogP contribution in [0, 0.1) is 11.8 Å². The summed E-state index contributed by atoms with van der Waals surface area (Å²) in [7, 11) is 0. The third-order valence-corrected chi connectivity index (χ3v) is 9.54. The van der Waals surface area contributed by atoms with Crippen LogP contribution < -0.4 is 9.47 Å². The van der Waals surface area contributed by atoms with Gasteiger partial charge in [0.1, 0.15) is 24.7 Å². The summed E-state index contributed by atoms with van der Waals surface area (Å²) in [4.78, 5) is 0. The maximum Gasteiger partial charge on any atom is 0.128 e. The highest BCUT2D eigenvalue weighted by Crippen LogP contribution is 2.47. The van der Waals surface area contributed by atoms with Crippen LogP contribution in [-0.2, 0) is 12.8 Å². The van der Waals surface area contributed by atoms with Crippen molar-refractivity contribution >= 4 is 21.5 Å². The lowest BCUT2D eigenvalue weighted by atomic mass is 9.90. The van der Waals surface area contributed by atoms with Crippen molar-refractivity contribution in [1.29, 1.82) is 0 Å². The number of ether oxygens (including phenoxy) is 2. The molecular formula is C46H44O2. The molecule has 2 nitrogen and oxygen atoms in total. The van der Waals surface area contributed by atoms with Crippen LogP contribution in [-0.4, -0.2) is 13.2 Å². The summed E-state index contributed by atoms with van der Waals surface area (Å²) in [6.45, 7) is 5.51. The van der Waals surface area contributed by atoms with Gasteiger partial charge in [-0.2, -0.15) is 0 Å². The SMILES string of the molecule is CCCCCc1ccc(C#Cc2ccc3c4c(ccc3c2)OCCOc2ccc3cc(-c5ccc(CCCCC)cc5)ccc3c2-4)cc1. The molecule has 0 spiro atoms. The molecule has 6 aromatic rings. The molecule has 7 rings (SSSR count). The Kier molecular flexibility index (Phi) is 9.76. The minimum atomic E-state index is 0.504. The summed E-state index contributed by atoms with van der Waals surface area (Å²) in [5, 5.41) is 4.61. The number of unbranched alkanes of at least 4 members (excludes halogenated alkanes) is 4. The normalized spacial score (nSPS) is 12.2. The summed E-state index contributed by atoms with van der Waals surface area (Å²) in [5.74, 6) is 8.57. The quantitative estimate of drug-likeness (QED) is 0.117. The summed E-state index contributed by atoms with van der Waals surface area (Å²) in [6, 6.07) is 39.7. The highest BCUT2D eigenvalue weighted by molar-refractivity contribution is 6.10. The molecule has 0 aromatic heterocycles. The van der Waals surface area contributed by atoms with Crippen LogP contribution in [0.1, 0.15) is 74.6 Å². The van der Waals surface area contributed by atoms with Gasteiger partial charge in [0.2, 0.25) is 0 Å². The predicted molar refractivity (Wildman–Crippen MR) is 202 cm³/mol. The molecule has 0 aliphatic carbocycles. The second-order valence-electron chi connectivity index (χ2n) is 13.0. The number of hydrogen-bond acceptors (Lipinski definition) is 2. The lowest BCUT2D eigenvalue weighted by Crippen LogP contribution is -2.12. The van der Waals surface area contributed by atoms with Crippen LogP contribution in [0.25, 0.3) is 43.8 Å². The highest BCUT2D eigenvalue weighted by atomic mass is 16.5. The molecule has 0 bridgehead atoms. The minimum absolute atomic E-state index is 0.504. The van der Waals surface area contributed by atoms with Gasteiger partial charge in [-0.3, -0.25) is 0 Å². The zero-order valence-electron chi connectivity index (χ0n) is 28.3. The smallest absolute Gasteiger partial charge is 0.128 e. The van der Waals surface area contributed by atoms with E-state index >= 15 is 0 Å². The Morgan fingerprint density at radius 3 is 1.58 bits per heavy atom. The predicted octanol–water partition coefficient (Wildman–Crippen LogP) is 12.0. The Morgan fingerprint density at radius 2 is 0.979 bits per heavy atom. The molecule has 1 heterocycles. The molecule has 0 saturated heterocycles. The first-order valence-corrected chi connectivity index (χ1v) is 17.8.